The molecule has 0 saturated heterocycles. The summed E-state index contributed by atoms with van der Waals surface area (Å²) in [6, 6.07) is 1.82. The summed E-state index contributed by atoms with van der Waals surface area (Å²) in [5.41, 5.74) is 1.43. The maximum absolute atomic E-state index is 9.98. The largest absolute Gasteiger partial charge is 0.289 e. The highest BCUT2D eigenvalue weighted by molar-refractivity contribution is 5.77. The Kier molecular flexibility index (Phi) is 1.77. The number of pyridine rings is 1. The minimum Gasteiger partial charge on any atom is -0.289 e. The molecule has 0 aliphatic rings. The average molecular weight is 171 g/mol. The predicted molar refractivity (Wildman–Crippen MR) is 46.8 cm³/mol. The molecule has 62 valence electrons. The summed E-state index contributed by atoms with van der Waals surface area (Å²) >= 11 is 0. The Morgan fingerprint density at radius 2 is 2.38 bits per heavy atom. The lowest BCUT2D eigenvalue weighted by Crippen LogP contribution is -1.79. The van der Waals surface area contributed by atoms with Gasteiger partial charge in [-0.05, 0) is 12.0 Å². The average Bonchev–Trinajstić information content (AvgIpc) is 2.61. The van der Waals surface area contributed by atoms with Crippen molar-refractivity contribution in [3.05, 3.63) is 24.0 Å². The van der Waals surface area contributed by atoms with Crippen LogP contribution in [0, 0.1) is 11.8 Å². The van der Waals surface area contributed by atoms with Gasteiger partial charge in [0, 0.05) is 17.1 Å². The van der Waals surface area contributed by atoms with Crippen molar-refractivity contribution in [2.75, 3.05) is 0 Å². The highest BCUT2D eigenvalue weighted by atomic mass is 16.1. The lowest BCUT2D eigenvalue weighted by molar-refractivity contribution is -0.103. The first-order chi connectivity index (χ1) is 6.40. The zero-order chi connectivity index (χ0) is 9.10. The van der Waals surface area contributed by atoms with Crippen LogP contribution >= 0.6 is 0 Å². The highest BCUT2D eigenvalue weighted by Gasteiger charge is 1.95. The molecule has 0 aliphatic heterocycles. The van der Waals surface area contributed by atoms with Gasteiger partial charge in [0.15, 0.2) is 11.9 Å². The number of nitrogens with zero attached hydrogens (tertiary/aromatic N) is 2. The number of H-pyrrole nitrogens is 1. The number of carbonyl (C=O) groups is 1. The second-order valence-electron chi connectivity index (χ2n) is 2.42. The third-order valence-corrected chi connectivity index (χ3v) is 1.57. The van der Waals surface area contributed by atoms with E-state index in [4.69, 9.17) is 0 Å². The monoisotopic (exact) mass is 171 g/mol. The maximum atomic E-state index is 9.98. The summed E-state index contributed by atoms with van der Waals surface area (Å²) in [7, 11) is 0. The fraction of sp³-hybridized carbons (Fsp3) is 0. The molecule has 0 bridgehead atoms. The molecule has 0 spiro atoms. The molecule has 2 aromatic heterocycles. The Hall–Kier alpha value is -2.15. The van der Waals surface area contributed by atoms with E-state index in [0.717, 1.165) is 11.0 Å². The van der Waals surface area contributed by atoms with E-state index in [1.807, 2.05) is 6.07 Å². The Bertz CT molecular complexity index is 504. The van der Waals surface area contributed by atoms with Crippen LogP contribution in [-0.4, -0.2) is 21.5 Å². The molecular formula is C9H5N3O. The van der Waals surface area contributed by atoms with Gasteiger partial charge in [0.2, 0.25) is 0 Å². The lowest BCUT2D eigenvalue weighted by Gasteiger charge is -1.88. The van der Waals surface area contributed by atoms with Gasteiger partial charge in [-0.2, -0.15) is 5.10 Å². The minimum atomic E-state index is 0.555. The van der Waals surface area contributed by atoms with E-state index >= 15 is 0 Å². The predicted octanol–water partition coefficient (Wildman–Crippen LogP) is 0.508. The third kappa shape index (κ3) is 1.40. The van der Waals surface area contributed by atoms with Gasteiger partial charge >= 0.3 is 0 Å². The SMILES string of the molecule is O=CC#Cc1cnc2[nH]ncc2c1. The molecule has 1 N–H and O–H groups in total. The van der Waals surface area contributed by atoms with E-state index in [9.17, 15) is 4.79 Å². The normalized spacial score (nSPS) is 9.23. The molecule has 0 radical (unpaired) electrons. The molecule has 0 aromatic carbocycles. The summed E-state index contributed by atoms with van der Waals surface area (Å²) in [6.45, 7) is 0. The fourth-order valence-corrected chi connectivity index (χ4v) is 1.02. The first-order valence-electron chi connectivity index (χ1n) is 3.64. The van der Waals surface area contributed by atoms with E-state index < -0.39 is 0 Å². The molecule has 0 unspecified atom stereocenters. The quantitative estimate of drug-likeness (QED) is 0.464. The fourth-order valence-electron chi connectivity index (χ4n) is 1.02. The van der Waals surface area contributed by atoms with Crippen LogP contribution in [0.3, 0.4) is 0 Å². The van der Waals surface area contributed by atoms with Crippen molar-refractivity contribution in [1.82, 2.24) is 15.2 Å². The van der Waals surface area contributed by atoms with E-state index in [-0.39, 0.29) is 0 Å². The maximum Gasteiger partial charge on any atom is 0.193 e. The van der Waals surface area contributed by atoms with Crippen molar-refractivity contribution < 1.29 is 4.79 Å². The number of nitrogens with one attached hydrogen (secondary N) is 1. The minimum absolute atomic E-state index is 0.555. The molecule has 13 heavy (non-hydrogen) atoms. The number of rotatable bonds is 0. The van der Waals surface area contributed by atoms with E-state index in [1.165, 1.54) is 0 Å². The summed E-state index contributed by atoms with van der Waals surface area (Å²) in [5.74, 6) is 4.97. The van der Waals surface area contributed by atoms with Crippen LogP contribution in [-0.2, 0) is 4.79 Å². The molecule has 4 heteroatoms. The number of hydrogen-bond donors (Lipinski definition) is 1. The van der Waals surface area contributed by atoms with Crippen molar-refractivity contribution in [2.24, 2.45) is 0 Å². The van der Waals surface area contributed by atoms with E-state index in [1.54, 1.807) is 12.4 Å². The number of aldehydes is 1. The van der Waals surface area contributed by atoms with Crippen LogP contribution in [0.15, 0.2) is 18.5 Å². The molecule has 0 atom stereocenters. The van der Waals surface area contributed by atoms with Crippen LogP contribution in [0.2, 0.25) is 0 Å². The zero-order valence-electron chi connectivity index (χ0n) is 6.61. The molecule has 0 saturated carbocycles. The van der Waals surface area contributed by atoms with Gasteiger partial charge in [0.05, 0.1) is 6.20 Å². The summed E-state index contributed by atoms with van der Waals surface area (Å²) in [5, 5.41) is 7.43. The molecule has 2 heterocycles. The number of aromatic amines is 1. The van der Waals surface area contributed by atoms with Gasteiger partial charge in [0.25, 0.3) is 0 Å². The highest BCUT2D eigenvalue weighted by Crippen LogP contribution is 2.08. The summed E-state index contributed by atoms with van der Waals surface area (Å²) < 4.78 is 0. The van der Waals surface area contributed by atoms with Crippen LogP contribution < -0.4 is 0 Å². The van der Waals surface area contributed by atoms with Crippen molar-refractivity contribution in [3.8, 4) is 11.8 Å². The zero-order valence-corrected chi connectivity index (χ0v) is 6.61. The number of carbonyl (C=O) groups excluding carboxylic acids is 1. The summed E-state index contributed by atoms with van der Waals surface area (Å²) in [4.78, 5) is 14.0. The van der Waals surface area contributed by atoms with E-state index in [0.29, 0.717) is 11.8 Å². The second-order valence-corrected chi connectivity index (χ2v) is 2.42. The topological polar surface area (TPSA) is 58.6 Å². The van der Waals surface area contributed by atoms with Gasteiger partial charge in [-0.3, -0.25) is 9.89 Å². The molecule has 0 aliphatic carbocycles. The Balaban J connectivity index is 2.54. The van der Waals surface area contributed by atoms with Gasteiger partial charge in [-0.1, -0.05) is 5.92 Å². The standard InChI is InChI=1S/C9H5N3O/c13-3-1-2-7-4-8-6-11-12-9(8)10-5-7/h3-6H,(H,10,11,12). The Labute approximate surface area is 74.0 Å². The van der Waals surface area contributed by atoms with Gasteiger partial charge in [-0.25, -0.2) is 4.98 Å². The number of aromatic nitrogens is 3. The lowest BCUT2D eigenvalue weighted by atomic mass is 10.2. The first kappa shape index (κ1) is 7.50. The van der Waals surface area contributed by atoms with Crippen molar-refractivity contribution in [3.63, 3.8) is 0 Å². The Morgan fingerprint density at radius 1 is 1.46 bits per heavy atom. The first-order valence-corrected chi connectivity index (χ1v) is 3.64. The molecule has 2 rings (SSSR count). The van der Waals surface area contributed by atoms with Crippen LogP contribution in [0.4, 0.5) is 0 Å². The number of hydrogen-bond acceptors (Lipinski definition) is 3. The van der Waals surface area contributed by atoms with Gasteiger partial charge in [0.1, 0.15) is 0 Å². The van der Waals surface area contributed by atoms with Crippen molar-refractivity contribution in [1.29, 1.82) is 0 Å². The Morgan fingerprint density at radius 3 is 3.23 bits per heavy atom. The summed E-state index contributed by atoms with van der Waals surface area (Å²) in [6.07, 6.45) is 3.81. The van der Waals surface area contributed by atoms with Gasteiger partial charge in [-0.15, -0.1) is 0 Å². The van der Waals surface area contributed by atoms with Crippen molar-refractivity contribution in [2.45, 2.75) is 0 Å². The third-order valence-electron chi connectivity index (χ3n) is 1.57. The van der Waals surface area contributed by atoms with Crippen LogP contribution in [0.5, 0.6) is 0 Å². The van der Waals surface area contributed by atoms with Crippen LogP contribution in [0.1, 0.15) is 5.56 Å². The molecule has 2 aromatic rings. The second kappa shape index (κ2) is 3.07. The van der Waals surface area contributed by atoms with Gasteiger partial charge < -0.3 is 0 Å². The van der Waals surface area contributed by atoms with Crippen molar-refractivity contribution >= 4 is 17.3 Å². The smallest absolute Gasteiger partial charge is 0.193 e. The molecule has 0 fully saturated rings. The van der Waals surface area contributed by atoms with Crippen LogP contribution in [0.25, 0.3) is 11.0 Å². The number of fused-ring (bicyclic) bond motifs is 1. The molecular weight excluding hydrogens is 166 g/mol. The molecule has 0 amide bonds. The van der Waals surface area contributed by atoms with E-state index in [2.05, 4.69) is 27.0 Å². The molecule has 4 nitrogen and oxygen atoms in total.